The van der Waals surface area contributed by atoms with Gasteiger partial charge in [-0.1, -0.05) is 6.42 Å². The lowest BCUT2D eigenvalue weighted by atomic mass is 10.00. The molecule has 7 heteroatoms. The number of nitrogens with two attached hydrogens (primary N) is 1. The van der Waals surface area contributed by atoms with E-state index in [-0.39, 0.29) is 17.0 Å². The van der Waals surface area contributed by atoms with Crippen molar-refractivity contribution in [2.75, 3.05) is 6.54 Å². The van der Waals surface area contributed by atoms with Crippen molar-refractivity contribution in [1.82, 2.24) is 4.31 Å². The van der Waals surface area contributed by atoms with Crippen LogP contribution < -0.4 is 5.73 Å². The molecule has 0 saturated carbocycles. The van der Waals surface area contributed by atoms with Crippen LogP contribution in [0.5, 0.6) is 0 Å². The van der Waals surface area contributed by atoms with Crippen molar-refractivity contribution in [3.63, 3.8) is 0 Å². The lowest BCUT2D eigenvalue weighted by Crippen LogP contribution is -2.51. The molecular formula is C13H18BrFN2O2S. The molecule has 1 aliphatic rings. The van der Waals surface area contributed by atoms with Crippen LogP contribution in [0.1, 0.15) is 26.2 Å². The highest BCUT2D eigenvalue weighted by molar-refractivity contribution is 9.10. The van der Waals surface area contributed by atoms with Crippen LogP contribution in [0.25, 0.3) is 0 Å². The third-order valence-corrected chi connectivity index (χ3v) is 6.50. The fourth-order valence-electron chi connectivity index (χ4n) is 2.56. The van der Waals surface area contributed by atoms with Gasteiger partial charge in [-0.05, 0) is 53.9 Å². The summed E-state index contributed by atoms with van der Waals surface area (Å²) in [5.74, 6) is -0.568. The zero-order chi connectivity index (χ0) is 14.9. The van der Waals surface area contributed by atoms with Gasteiger partial charge in [-0.3, -0.25) is 0 Å². The molecule has 112 valence electrons. The summed E-state index contributed by atoms with van der Waals surface area (Å²) in [5, 5.41) is 0. The summed E-state index contributed by atoms with van der Waals surface area (Å²) in [5.41, 5.74) is 5.91. The van der Waals surface area contributed by atoms with Gasteiger partial charge in [0.05, 0.1) is 4.90 Å². The van der Waals surface area contributed by atoms with E-state index < -0.39 is 15.8 Å². The number of halogens is 2. The Morgan fingerprint density at radius 2 is 2.15 bits per heavy atom. The Labute approximate surface area is 127 Å². The first kappa shape index (κ1) is 15.9. The van der Waals surface area contributed by atoms with Crippen molar-refractivity contribution in [2.24, 2.45) is 5.73 Å². The van der Waals surface area contributed by atoms with E-state index in [1.54, 1.807) is 6.92 Å². The quantitative estimate of drug-likeness (QED) is 0.895. The molecular weight excluding hydrogens is 347 g/mol. The summed E-state index contributed by atoms with van der Waals surface area (Å²) < 4.78 is 40.7. The van der Waals surface area contributed by atoms with E-state index in [0.29, 0.717) is 11.0 Å². The van der Waals surface area contributed by atoms with Gasteiger partial charge in [-0.15, -0.1) is 0 Å². The van der Waals surface area contributed by atoms with Crippen LogP contribution >= 0.6 is 15.9 Å². The maximum Gasteiger partial charge on any atom is 0.244 e. The highest BCUT2D eigenvalue weighted by Crippen LogP contribution is 2.31. The Hall–Kier alpha value is -0.500. The molecule has 0 unspecified atom stereocenters. The Balaban J connectivity index is 2.45. The fraction of sp³-hybridized carbons (Fsp3) is 0.538. The van der Waals surface area contributed by atoms with Crippen molar-refractivity contribution in [3.8, 4) is 0 Å². The SMILES string of the molecule is C[C@H](N)[C@H]1CCCCN1S(=O)(=O)c1cc(F)ccc1Br. The number of nitrogens with zero attached hydrogens (tertiary/aromatic N) is 1. The number of piperidine rings is 1. The van der Waals surface area contributed by atoms with Gasteiger partial charge in [-0.2, -0.15) is 4.31 Å². The Morgan fingerprint density at radius 3 is 2.80 bits per heavy atom. The van der Waals surface area contributed by atoms with Gasteiger partial charge in [0.2, 0.25) is 10.0 Å². The summed E-state index contributed by atoms with van der Waals surface area (Å²) in [6.45, 7) is 2.23. The van der Waals surface area contributed by atoms with Gasteiger partial charge in [0.15, 0.2) is 0 Å². The summed E-state index contributed by atoms with van der Waals surface area (Å²) >= 11 is 3.19. The standard InChI is InChI=1S/C13H18BrFN2O2S/c1-9(16)12-4-2-3-7-17(12)20(18,19)13-8-10(15)5-6-11(13)14/h5-6,8-9,12H,2-4,7,16H2,1H3/t9-,12+/m0/s1. The van der Waals surface area contributed by atoms with Crippen LogP contribution in [0.2, 0.25) is 0 Å². The van der Waals surface area contributed by atoms with E-state index >= 15 is 0 Å². The molecule has 0 aromatic heterocycles. The zero-order valence-corrected chi connectivity index (χ0v) is 13.6. The average molecular weight is 365 g/mol. The van der Waals surface area contributed by atoms with Crippen LogP contribution in [0.15, 0.2) is 27.6 Å². The second-order valence-corrected chi connectivity index (χ2v) is 7.83. The molecule has 2 N–H and O–H groups in total. The smallest absolute Gasteiger partial charge is 0.244 e. The summed E-state index contributed by atoms with van der Waals surface area (Å²) in [7, 11) is -3.74. The number of rotatable bonds is 3. The number of hydrogen-bond donors (Lipinski definition) is 1. The molecule has 1 heterocycles. The molecule has 4 nitrogen and oxygen atoms in total. The molecule has 0 bridgehead atoms. The predicted octanol–water partition coefficient (Wildman–Crippen LogP) is 2.48. The van der Waals surface area contributed by atoms with Crippen LogP contribution in [-0.2, 0) is 10.0 Å². The normalized spacial score (nSPS) is 22.7. The fourth-order valence-corrected chi connectivity index (χ4v) is 5.27. The summed E-state index contributed by atoms with van der Waals surface area (Å²) in [4.78, 5) is -0.0370. The molecule has 1 aromatic rings. The molecule has 2 rings (SSSR count). The van der Waals surface area contributed by atoms with E-state index in [1.807, 2.05) is 0 Å². The van der Waals surface area contributed by atoms with Crippen molar-refractivity contribution in [2.45, 2.75) is 43.2 Å². The van der Waals surface area contributed by atoms with Gasteiger partial charge >= 0.3 is 0 Å². The van der Waals surface area contributed by atoms with Gasteiger partial charge in [0.25, 0.3) is 0 Å². The van der Waals surface area contributed by atoms with Crippen molar-refractivity contribution >= 4 is 26.0 Å². The lowest BCUT2D eigenvalue weighted by Gasteiger charge is -2.37. The first-order valence-corrected chi connectivity index (χ1v) is 8.80. The van der Waals surface area contributed by atoms with Crippen LogP contribution in [0.3, 0.4) is 0 Å². The molecule has 0 amide bonds. The van der Waals surface area contributed by atoms with Crippen molar-refractivity contribution in [1.29, 1.82) is 0 Å². The van der Waals surface area contributed by atoms with Crippen LogP contribution in [0.4, 0.5) is 4.39 Å². The monoisotopic (exact) mass is 364 g/mol. The first-order chi connectivity index (χ1) is 9.34. The third kappa shape index (κ3) is 3.05. The van der Waals surface area contributed by atoms with Crippen molar-refractivity contribution < 1.29 is 12.8 Å². The number of hydrogen-bond acceptors (Lipinski definition) is 3. The van der Waals surface area contributed by atoms with Crippen LogP contribution in [0, 0.1) is 5.82 Å². The molecule has 1 aromatic carbocycles. The Kier molecular flexibility index (Phi) is 4.84. The highest BCUT2D eigenvalue weighted by Gasteiger charge is 2.36. The van der Waals surface area contributed by atoms with E-state index in [9.17, 15) is 12.8 Å². The van der Waals surface area contributed by atoms with Gasteiger partial charge < -0.3 is 5.73 Å². The first-order valence-electron chi connectivity index (χ1n) is 6.56. The zero-order valence-electron chi connectivity index (χ0n) is 11.2. The van der Waals surface area contributed by atoms with E-state index in [2.05, 4.69) is 15.9 Å². The predicted molar refractivity (Wildman–Crippen MR) is 79.3 cm³/mol. The molecule has 0 radical (unpaired) electrons. The second-order valence-electron chi connectivity index (χ2n) is 5.11. The minimum Gasteiger partial charge on any atom is -0.326 e. The van der Waals surface area contributed by atoms with Gasteiger partial charge in [0, 0.05) is 23.1 Å². The molecule has 20 heavy (non-hydrogen) atoms. The topological polar surface area (TPSA) is 63.4 Å². The Morgan fingerprint density at radius 1 is 1.45 bits per heavy atom. The number of sulfonamides is 1. The van der Waals surface area contributed by atoms with E-state index in [4.69, 9.17) is 5.73 Å². The second kappa shape index (κ2) is 6.09. The maximum atomic E-state index is 13.4. The Bertz CT molecular complexity index is 592. The van der Waals surface area contributed by atoms with Gasteiger partial charge in [-0.25, -0.2) is 12.8 Å². The molecule has 0 aliphatic carbocycles. The third-order valence-electron chi connectivity index (χ3n) is 3.59. The maximum absolute atomic E-state index is 13.4. The summed E-state index contributed by atoms with van der Waals surface area (Å²) in [6, 6.07) is 3.20. The molecule has 1 saturated heterocycles. The number of benzene rings is 1. The largest absolute Gasteiger partial charge is 0.326 e. The average Bonchev–Trinajstić information content (AvgIpc) is 2.41. The minimum absolute atomic E-state index is 0.0370. The summed E-state index contributed by atoms with van der Waals surface area (Å²) in [6.07, 6.45) is 2.50. The highest BCUT2D eigenvalue weighted by atomic mass is 79.9. The van der Waals surface area contributed by atoms with Crippen molar-refractivity contribution in [3.05, 3.63) is 28.5 Å². The molecule has 0 spiro atoms. The molecule has 2 atom stereocenters. The van der Waals surface area contributed by atoms with E-state index in [0.717, 1.165) is 25.3 Å². The molecule has 1 fully saturated rings. The van der Waals surface area contributed by atoms with Crippen LogP contribution in [-0.4, -0.2) is 31.4 Å². The molecule has 1 aliphatic heterocycles. The minimum atomic E-state index is -3.74. The lowest BCUT2D eigenvalue weighted by molar-refractivity contribution is 0.227. The van der Waals surface area contributed by atoms with E-state index in [1.165, 1.54) is 16.4 Å². The van der Waals surface area contributed by atoms with Gasteiger partial charge in [0.1, 0.15) is 5.82 Å².